The molecule has 26 heavy (non-hydrogen) atoms. The van der Waals surface area contributed by atoms with Crippen molar-refractivity contribution in [1.29, 1.82) is 0 Å². The van der Waals surface area contributed by atoms with E-state index in [1.807, 2.05) is 16.9 Å². The van der Waals surface area contributed by atoms with Gasteiger partial charge in [0.1, 0.15) is 11.5 Å². The van der Waals surface area contributed by atoms with E-state index < -0.39 is 0 Å². The number of nitrogens with one attached hydrogen (secondary N) is 1. The molecule has 2 aliphatic rings. The van der Waals surface area contributed by atoms with Gasteiger partial charge in [-0.25, -0.2) is 9.07 Å². The van der Waals surface area contributed by atoms with Gasteiger partial charge in [0, 0.05) is 31.4 Å². The van der Waals surface area contributed by atoms with Crippen molar-refractivity contribution in [3.63, 3.8) is 0 Å². The topological polar surface area (TPSA) is 66.8 Å². The third-order valence-electron chi connectivity index (χ3n) is 5.14. The van der Waals surface area contributed by atoms with Gasteiger partial charge >= 0.3 is 0 Å². The number of hydrogen-bond donors (Lipinski definition) is 1. The number of halogens is 1. The number of likely N-dealkylation sites (tertiary alicyclic amines) is 1. The largest absolute Gasteiger partial charge is 0.357 e. The van der Waals surface area contributed by atoms with Crippen LogP contribution in [0.3, 0.4) is 0 Å². The molecule has 0 spiro atoms. The molecule has 1 saturated carbocycles. The number of H-pyrrole nitrogens is 1. The summed E-state index contributed by atoms with van der Waals surface area (Å²) < 4.78 is 14.9. The molecule has 1 N–H and O–H groups in total. The fourth-order valence-electron chi connectivity index (χ4n) is 3.32. The first-order chi connectivity index (χ1) is 12.7. The first kappa shape index (κ1) is 15.3. The highest BCUT2D eigenvalue weighted by atomic mass is 19.1. The Morgan fingerprint density at radius 1 is 1.15 bits per heavy atom. The predicted molar refractivity (Wildman–Crippen MR) is 93.1 cm³/mol. The summed E-state index contributed by atoms with van der Waals surface area (Å²) in [6.07, 6.45) is 6.21. The van der Waals surface area contributed by atoms with Crippen LogP contribution in [0, 0.1) is 5.82 Å². The van der Waals surface area contributed by atoms with E-state index in [4.69, 9.17) is 0 Å². The highest BCUT2D eigenvalue weighted by molar-refractivity contribution is 5.94. The maximum atomic E-state index is 13.0. The molecule has 7 heteroatoms. The second-order valence-corrected chi connectivity index (χ2v) is 7.07. The highest BCUT2D eigenvalue weighted by Crippen LogP contribution is 2.39. The predicted octanol–water partition coefficient (Wildman–Crippen LogP) is 2.99. The second kappa shape index (κ2) is 5.79. The maximum absolute atomic E-state index is 13.0. The molecule has 3 heterocycles. The van der Waals surface area contributed by atoms with Crippen LogP contribution >= 0.6 is 0 Å². The third kappa shape index (κ3) is 2.69. The van der Waals surface area contributed by atoms with Crippen molar-refractivity contribution in [3.8, 4) is 11.1 Å². The molecule has 0 unspecified atom stereocenters. The van der Waals surface area contributed by atoms with Gasteiger partial charge in [0.25, 0.3) is 5.91 Å². The fraction of sp³-hybridized carbons (Fsp3) is 0.316. The summed E-state index contributed by atoms with van der Waals surface area (Å²) in [5, 5.41) is 8.44. The van der Waals surface area contributed by atoms with Crippen LogP contribution in [0.4, 0.5) is 4.39 Å². The lowest BCUT2D eigenvalue weighted by atomic mass is 10.1. The van der Waals surface area contributed by atoms with E-state index >= 15 is 0 Å². The van der Waals surface area contributed by atoms with Gasteiger partial charge in [-0.05, 0) is 42.2 Å². The van der Waals surface area contributed by atoms with Crippen molar-refractivity contribution in [3.05, 3.63) is 59.9 Å². The summed E-state index contributed by atoms with van der Waals surface area (Å²) in [6.45, 7) is 1.27. The monoisotopic (exact) mass is 351 g/mol. The zero-order valence-corrected chi connectivity index (χ0v) is 14.1. The van der Waals surface area contributed by atoms with Gasteiger partial charge in [0.15, 0.2) is 0 Å². The molecular formula is C19H18FN5O. The van der Waals surface area contributed by atoms with Crippen molar-refractivity contribution in [2.45, 2.75) is 24.8 Å². The molecule has 132 valence electrons. The molecule has 1 aromatic carbocycles. The van der Waals surface area contributed by atoms with Crippen LogP contribution in [0.5, 0.6) is 0 Å². The zero-order chi connectivity index (χ0) is 17.7. The fourth-order valence-corrected chi connectivity index (χ4v) is 3.32. The Hall–Kier alpha value is -2.96. The van der Waals surface area contributed by atoms with Crippen molar-refractivity contribution in [2.75, 3.05) is 13.1 Å². The summed E-state index contributed by atoms with van der Waals surface area (Å²) in [6, 6.07) is 8.24. The molecule has 1 aliphatic heterocycles. The Labute approximate surface area is 149 Å². The van der Waals surface area contributed by atoms with Gasteiger partial charge in [-0.2, -0.15) is 0 Å². The van der Waals surface area contributed by atoms with Crippen molar-refractivity contribution in [1.82, 2.24) is 24.9 Å². The van der Waals surface area contributed by atoms with Crippen LogP contribution in [-0.2, 0) is 0 Å². The van der Waals surface area contributed by atoms with E-state index in [9.17, 15) is 9.18 Å². The number of aromatic nitrogens is 4. The molecule has 1 amide bonds. The lowest BCUT2D eigenvalue weighted by molar-refractivity contribution is 0.0493. The molecule has 3 aromatic rings. The standard InChI is InChI=1S/C19H18FN5O/c20-15-5-3-12(4-6-15)14-7-17(21-8-14)19(26)24-9-16(10-24)25-11-18(22-23-25)13-1-2-13/h3-8,11,13,16,21H,1-2,9-10H2. The highest BCUT2D eigenvalue weighted by Gasteiger charge is 2.35. The Kier molecular flexibility index (Phi) is 3.41. The molecule has 0 bridgehead atoms. The lowest BCUT2D eigenvalue weighted by Crippen LogP contribution is -2.51. The van der Waals surface area contributed by atoms with Crippen molar-refractivity contribution >= 4 is 5.91 Å². The van der Waals surface area contributed by atoms with Gasteiger partial charge in [0.05, 0.1) is 11.7 Å². The Morgan fingerprint density at radius 2 is 1.92 bits per heavy atom. The Morgan fingerprint density at radius 3 is 2.65 bits per heavy atom. The van der Waals surface area contributed by atoms with E-state index in [1.54, 1.807) is 23.2 Å². The quantitative estimate of drug-likeness (QED) is 0.786. The second-order valence-electron chi connectivity index (χ2n) is 7.07. The summed E-state index contributed by atoms with van der Waals surface area (Å²) in [4.78, 5) is 17.4. The van der Waals surface area contributed by atoms with Gasteiger partial charge in [-0.1, -0.05) is 17.3 Å². The Bertz CT molecular complexity index is 950. The SMILES string of the molecule is O=C(c1cc(-c2ccc(F)cc2)c[nH]1)N1CC(n2cc(C3CC3)nn2)C1. The zero-order valence-electron chi connectivity index (χ0n) is 14.1. The molecule has 5 rings (SSSR count). The van der Waals surface area contributed by atoms with E-state index in [0.29, 0.717) is 24.7 Å². The van der Waals surface area contributed by atoms with Crippen LogP contribution in [0.1, 0.15) is 41.0 Å². The average molecular weight is 351 g/mol. The number of carbonyl (C=O) groups is 1. The first-order valence-electron chi connectivity index (χ1n) is 8.83. The van der Waals surface area contributed by atoms with E-state index in [2.05, 4.69) is 15.3 Å². The molecule has 6 nitrogen and oxygen atoms in total. The van der Waals surface area contributed by atoms with E-state index in [0.717, 1.165) is 16.8 Å². The van der Waals surface area contributed by atoms with Crippen LogP contribution in [0.25, 0.3) is 11.1 Å². The van der Waals surface area contributed by atoms with Gasteiger partial charge < -0.3 is 9.88 Å². The molecule has 1 saturated heterocycles. The molecular weight excluding hydrogens is 333 g/mol. The molecule has 2 aromatic heterocycles. The van der Waals surface area contributed by atoms with Gasteiger partial charge in [0.2, 0.25) is 0 Å². The number of carbonyl (C=O) groups excluding carboxylic acids is 1. The van der Waals surface area contributed by atoms with Crippen LogP contribution < -0.4 is 0 Å². The average Bonchev–Trinajstić information content (AvgIpc) is 3.14. The van der Waals surface area contributed by atoms with Gasteiger partial charge in [-0.15, -0.1) is 5.10 Å². The summed E-state index contributed by atoms with van der Waals surface area (Å²) in [5.41, 5.74) is 3.36. The minimum Gasteiger partial charge on any atom is -0.357 e. The molecule has 1 aliphatic carbocycles. The van der Waals surface area contributed by atoms with E-state index in [-0.39, 0.29) is 17.8 Å². The smallest absolute Gasteiger partial charge is 0.270 e. The summed E-state index contributed by atoms with van der Waals surface area (Å²) in [7, 11) is 0. The molecule has 2 fully saturated rings. The number of hydrogen-bond acceptors (Lipinski definition) is 3. The summed E-state index contributed by atoms with van der Waals surface area (Å²) >= 11 is 0. The molecule has 0 radical (unpaired) electrons. The maximum Gasteiger partial charge on any atom is 0.270 e. The summed E-state index contributed by atoms with van der Waals surface area (Å²) in [5.74, 6) is 0.285. The van der Waals surface area contributed by atoms with Crippen molar-refractivity contribution in [2.24, 2.45) is 0 Å². The minimum atomic E-state index is -0.273. The van der Waals surface area contributed by atoms with Gasteiger partial charge in [-0.3, -0.25) is 4.79 Å². The Balaban J connectivity index is 1.24. The minimum absolute atomic E-state index is 0.0304. The van der Waals surface area contributed by atoms with E-state index in [1.165, 1.54) is 25.0 Å². The number of amides is 1. The van der Waals surface area contributed by atoms with Crippen LogP contribution in [-0.4, -0.2) is 43.9 Å². The number of rotatable bonds is 4. The number of aromatic amines is 1. The number of nitrogens with zero attached hydrogens (tertiary/aromatic N) is 4. The lowest BCUT2D eigenvalue weighted by Gasteiger charge is -2.38. The molecule has 0 atom stereocenters. The third-order valence-corrected chi connectivity index (χ3v) is 5.14. The van der Waals surface area contributed by atoms with Crippen LogP contribution in [0.2, 0.25) is 0 Å². The number of benzene rings is 1. The van der Waals surface area contributed by atoms with Crippen LogP contribution in [0.15, 0.2) is 42.7 Å². The normalized spacial score (nSPS) is 17.3. The van der Waals surface area contributed by atoms with Crippen molar-refractivity contribution < 1.29 is 9.18 Å². The first-order valence-corrected chi connectivity index (χ1v) is 8.83.